The monoisotopic (exact) mass is 1150 g/mol. The largest absolute Gasteiger partial charge is 0.307 e. The molecule has 0 fully saturated rings. The molecule has 0 unspecified atom stereocenters. The van der Waals surface area contributed by atoms with E-state index in [9.17, 15) is 0 Å². The molecule has 8 heteroatoms. The van der Waals surface area contributed by atoms with E-state index in [1.807, 2.05) is 111 Å². The highest BCUT2D eigenvalue weighted by molar-refractivity contribution is 6.14. The maximum absolute atomic E-state index is 16.4. The van der Waals surface area contributed by atoms with Gasteiger partial charge in [-0.25, -0.2) is 8.78 Å². The standard InChI is InChI=1S/C81H52F2N6/c1-51-41-79(88-75-37-29-56(60-25-33-71(84-47-60)52-15-6-2-7-16-52)42-65(75)66-43-57(30-38-76(66)88)61-26-34-72(85-48-61)53-17-8-3-9-18-53)80(46-64(51)81-69(82)23-14-24-70(81)83)89-77-39-31-58(62-27-35-73(86-49-62)54-19-10-4-11-20-54)44-67(77)68-45-59(32-40-78(68)89)63-28-36-74(87-50-63)55-21-12-5-13-22-55/h2-50H,1H3. The van der Waals surface area contributed by atoms with Crippen LogP contribution in [0, 0.1) is 18.6 Å². The van der Waals surface area contributed by atoms with E-state index >= 15 is 8.78 Å². The van der Waals surface area contributed by atoms with Crippen molar-refractivity contribution in [1.29, 1.82) is 0 Å². The molecule has 16 aromatic rings. The molecule has 0 bridgehead atoms. The normalized spacial score (nSPS) is 11.5. The van der Waals surface area contributed by atoms with Crippen molar-refractivity contribution in [2.75, 3.05) is 0 Å². The van der Waals surface area contributed by atoms with Crippen molar-refractivity contribution in [1.82, 2.24) is 29.1 Å². The van der Waals surface area contributed by atoms with Crippen molar-refractivity contribution < 1.29 is 8.78 Å². The average Bonchev–Trinajstić information content (AvgIpc) is 1.63. The van der Waals surface area contributed by atoms with Crippen LogP contribution in [-0.2, 0) is 0 Å². The summed E-state index contributed by atoms with van der Waals surface area (Å²) in [6.07, 6.45) is 7.77. The molecule has 0 aliphatic carbocycles. The first kappa shape index (κ1) is 52.8. The second-order valence-electron chi connectivity index (χ2n) is 22.5. The molecule has 10 aromatic carbocycles. The number of hydrogen-bond donors (Lipinski definition) is 0. The number of benzene rings is 10. The van der Waals surface area contributed by atoms with E-state index in [1.165, 1.54) is 18.2 Å². The van der Waals surface area contributed by atoms with Gasteiger partial charge < -0.3 is 9.13 Å². The van der Waals surface area contributed by atoms with Crippen LogP contribution >= 0.6 is 0 Å². The number of aromatic nitrogens is 6. The van der Waals surface area contributed by atoms with Gasteiger partial charge in [-0.05, 0) is 137 Å². The second-order valence-corrected chi connectivity index (χ2v) is 22.5. The predicted octanol–water partition coefficient (Wildman–Crippen LogP) is 21.1. The summed E-state index contributed by atoms with van der Waals surface area (Å²) in [6.45, 7) is 1.94. The Bertz CT molecular complexity index is 5040. The second kappa shape index (κ2) is 22.0. The first-order valence-electron chi connectivity index (χ1n) is 29.7. The van der Waals surface area contributed by atoms with Crippen LogP contribution < -0.4 is 0 Å². The molecule has 6 heterocycles. The fourth-order valence-corrected chi connectivity index (χ4v) is 12.7. The van der Waals surface area contributed by atoms with Crippen molar-refractivity contribution in [2.24, 2.45) is 0 Å². The van der Waals surface area contributed by atoms with Gasteiger partial charge in [0.2, 0.25) is 0 Å². The van der Waals surface area contributed by atoms with Crippen molar-refractivity contribution in [2.45, 2.75) is 6.92 Å². The average molecular weight is 1150 g/mol. The minimum absolute atomic E-state index is 0.0867. The Morgan fingerprint density at radius 1 is 0.258 bits per heavy atom. The maximum atomic E-state index is 16.4. The van der Waals surface area contributed by atoms with Crippen molar-refractivity contribution in [3.63, 3.8) is 0 Å². The van der Waals surface area contributed by atoms with Gasteiger partial charge in [-0.15, -0.1) is 0 Å². The molecule has 6 aromatic heterocycles. The molecule has 0 N–H and O–H groups in total. The summed E-state index contributed by atoms with van der Waals surface area (Å²) < 4.78 is 37.5. The molecule has 0 atom stereocenters. The third kappa shape index (κ3) is 9.51. The number of halogens is 2. The summed E-state index contributed by atoms with van der Waals surface area (Å²) in [7, 11) is 0. The van der Waals surface area contributed by atoms with Crippen LogP contribution in [0.4, 0.5) is 8.78 Å². The Labute approximate surface area is 512 Å². The lowest BCUT2D eigenvalue weighted by molar-refractivity contribution is 0.589. The minimum Gasteiger partial charge on any atom is -0.307 e. The van der Waals surface area contributed by atoms with Crippen LogP contribution in [0.3, 0.4) is 0 Å². The SMILES string of the molecule is Cc1cc(-n2c3ccc(-c4ccc(-c5ccccc5)nc4)cc3c3cc(-c4ccc(-c5ccccc5)nc4)ccc32)c(-n2c3ccc(-c4ccc(-c5ccccc5)nc4)cc3c3cc(-c4ccc(-c5ccccc5)nc4)ccc32)cc1-c1c(F)cccc1F. The Balaban J connectivity index is 0.934. The van der Waals surface area contributed by atoms with Gasteiger partial charge in [0.1, 0.15) is 11.6 Å². The number of fused-ring (bicyclic) bond motifs is 6. The van der Waals surface area contributed by atoms with Gasteiger partial charge in [0.05, 0.1) is 61.8 Å². The van der Waals surface area contributed by atoms with Crippen LogP contribution in [0.15, 0.2) is 298 Å². The van der Waals surface area contributed by atoms with Gasteiger partial charge in [-0.3, -0.25) is 19.9 Å². The van der Waals surface area contributed by atoms with Crippen LogP contribution in [0.1, 0.15) is 5.56 Å². The van der Waals surface area contributed by atoms with Gasteiger partial charge in [0, 0.05) is 90.8 Å². The van der Waals surface area contributed by atoms with E-state index in [0.29, 0.717) is 11.1 Å². The van der Waals surface area contributed by atoms with E-state index in [-0.39, 0.29) is 5.56 Å². The summed E-state index contributed by atoms with van der Waals surface area (Å²) in [4.78, 5) is 19.8. The third-order valence-corrected chi connectivity index (χ3v) is 17.2. The fraction of sp³-hybridized carbons (Fsp3) is 0.0123. The van der Waals surface area contributed by atoms with Gasteiger partial charge >= 0.3 is 0 Å². The highest BCUT2D eigenvalue weighted by Crippen LogP contribution is 2.45. The van der Waals surface area contributed by atoms with Crippen LogP contribution in [0.25, 0.3) is 156 Å². The van der Waals surface area contributed by atoms with Crippen molar-refractivity contribution in [3.05, 3.63) is 315 Å². The minimum atomic E-state index is -0.642. The number of nitrogens with zero attached hydrogens (tertiary/aromatic N) is 6. The van der Waals surface area contributed by atoms with Gasteiger partial charge in [0.15, 0.2) is 0 Å². The van der Waals surface area contributed by atoms with Gasteiger partial charge in [-0.2, -0.15) is 0 Å². The van der Waals surface area contributed by atoms with Crippen LogP contribution in [0.5, 0.6) is 0 Å². The lowest BCUT2D eigenvalue weighted by atomic mass is 9.97. The number of hydrogen-bond acceptors (Lipinski definition) is 4. The molecule has 0 radical (unpaired) electrons. The number of aryl methyl sites for hydroxylation is 1. The highest BCUT2D eigenvalue weighted by Gasteiger charge is 2.25. The zero-order chi connectivity index (χ0) is 59.5. The Kier molecular flexibility index (Phi) is 13.0. The van der Waals surface area contributed by atoms with E-state index < -0.39 is 11.6 Å². The molecule has 0 saturated carbocycles. The predicted molar refractivity (Wildman–Crippen MR) is 360 cm³/mol. The topological polar surface area (TPSA) is 61.4 Å². The van der Waals surface area contributed by atoms with Crippen molar-refractivity contribution in [3.8, 4) is 112 Å². The van der Waals surface area contributed by atoms with Gasteiger partial charge in [-0.1, -0.05) is 176 Å². The molecule has 0 amide bonds. The summed E-state index contributed by atoms with van der Waals surface area (Å²) in [5.41, 5.74) is 21.9. The summed E-state index contributed by atoms with van der Waals surface area (Å²) in [5.74, 6) is -1.28. The summed E-state index contributed by atoms with van der Waals surface area (Å²) >= 11 is 0. The summed E-state index contributed by atoms with van der Waals surface area (Å²) in [6, 6.07) is 92.0. The molecule has 0 saturated heterocycles. The van der Waals surface area contributed by atoms with Crippen LogP contribution in [-0.4, -0.2) is 29.1 Å². The third-order valence-electron chi connectivity index (χ3n) is 17.2. The Morgan fingerprint density at radius 3 is 0.820 bits per heavy atom. The highest BCUT2D eigenvalue weighted by atomic mass is 19.1. The van der Waals surface area contributed by atoms with E-state index in [1.54, 1.807) is 0 Å². The molecular weight excluding hydrogens is 1090 g/mol. The molecule has 0 spiro atoms. The van der Waals surface area contributed by atoms with Crippen molar-refractivity contribution >= 4 is 43.6 Å². The molecule has 16 rings (SSSR count). The molecule has 420 valence electrons. The zero-order valence-electron chi connectivity index (χ0n) is 48.2. The quantitative estimate of drug-likeness (QED) is 0.129. The first-order chi connectivity index (χ1) is 43.8. The van der Waals surface area contributed by atoms with E-state index in [4.69, 9.17) is 19.9 Å². The first-order valence-corrected chi connectivity index (χ1v) is 29.7. The van der Waals surface area contributed by atoms with E-state index in [2.05, 4.69) is 185 Å². The lowest BCUT2D eigenvalue weighted by Crippen LogP contribution is -2.06. The lowest BCUT2D eigenvalue weighted by Gasteiger charge is -2.21. The number of rotatable bonds is 11. The zero-order valence-corrected chi connectivity index (χ0v) is 48.2. The smallest absolute Gasteiger partial charge is 0.133 e. The maximum Gasteiger partial charge on any atom is 0.133 e. The van der Waals surface area contributed by atoms with Crippen LogP contribution in [0.2, 0.25) is 0 Å². The molecule has 89 heavy (non-hydrogen) atoms. The Hall–Kier alpha value is -11.7. The molecule has 6 nitrogen and oxygen atoms in total. The molecule has 0 aliphatic rings. The fourth-order valence-electron chi connectivity index (χ4n) is 12.7. The summed E-state index contributed by atoms with van der Waals surface area (Å²) in [5, 5.41) is 4.01. The van der Waals surface area contributed by atoms with Gasteiger partial charge in [0.25, 0.3) is 0 Å². The molecular formula is C81H52F2N6. The van der Waals surface area contributed by atoms with E-state index in [0.717, 1.165) is 145 Å². The molecule has 0 aliphatic heterocycles. The Morgan fingerprint density at radius 2 is 0.539 bits per heavy atom. The number of pyridine rings is 4.